The lowest BCUT2D eigenvalue weighted by Gasteiger charge is -2.23. The molecule has 0 aromatic carbocycles. The third kappa shape index (κ3) is 10.1. The molecule has 5 N–H and O–H groups in total. The normalized spacial score (nSPS) is 15.7. The summed E-state index contributed by atoms with van der Waals surface area (Å²) in [7, 11) is 0. The lowest BCUT2D eigenvalue weighted by molar-refractivity contribution is -0.114. The van der Waals surface area contributed by atoms with Gasteiger partial charge in [-0.15, -0.1) is 13.2 Å². The first kappa shape index (κ1) is 21.6. The molecule has 132 valence electrons. The second-order valence-corrected chi connectivity index (χ2v) is 6.18. The highest BCUT2D eigenvalue weighted by atomic mass is 16.3. The fourth-order valence-electron chi connectivity index (χ4n) is 2.69. The monoisotopic (exact) mass is 322 g/mol. The average molecular weight is 322 g/mol. The molecular weight excluding hydrogens is 288 g/mol. The van der Waals surface area contributed by atoms with E-state index in [0.29, 0.717) is 24.3 Å². The number of unbranched alkanes of at least 4 members (excludes halogenated alkanes) is 3. The van der Waals surface area contributed by atoms with Crippen LogP contribution in [0, 0.1) is 5.92 Å². The molecule has 4 heteroatoms. The molecule has 3 unspecified atom stereocenters. The zero-order valence-corrected chi connectivity index (χ0v) is 14.5. The summed E-state index contributed by atoms with van der Waals surface area (Å²) in [6.07, 6.45) is 12.0. The summed E-state index contributed by atoms with van der Waals surface area (Å²) in [4.78, 5) is 11.3. The molecule has 0 aliphatic rings. The van der Waals surface area contributed by atoms with Crippen molar-refractivity contribution in [3.8, 4) is 0 Å². The van der Waals surface area contributed by atoms with E-state index >= 15 is 0 Å². The van der Waals surface area contributed by atoms with Crippen molar-refractivity contribution in [2.75, 3.05) is 0 Å². The highest BCUT2D eigenvalue weighted by molar-refractivity contribution is 5.92. The summed E-state index contributed by atoms with van der Waals surface area (Å²) in [6.45, 7) is 9.58. The Kier molecular flexibility index (Phi) is 12.3. The van der Waals surface area contributed by atoms with Gasteiger partial charge in [0.2, 0.25) is 5.91 Å². The van der Waals surface area contributed by atoms with Gasteiger partial charge in [-0.2, -0.15) is 0 Å². The lowest BCUT2D eigenvalue weighted by atomic mass is 9.89. The molecule has 0 aromatic heterocycles. The van der Waals surface area contributed by atoms with E-state index < -0.39 is 18.1 Å². The summed E-state index contributed by atoms with van der Waals surface area (Å²) < 4.78 is 0. The van der Waals surface area contributed by atoms with Gasteiger partial charge >= 0.3 is 0 Å². The van der Waals surface area contributed by atoms with Crippen LogP contribution >= 0.6 is 0 Å². The smallest absolute Gasteiger partial charge is 0.244 e. The molecule has 23 heavy (non-hydrogen) atoms. The Morgan fingerprint density at radius 1 is 1.22 bits per heavy atom. The highest BCUT2D eigenvalue weighted by Crippen LogP contribution is 2.21. The Morgan fingerprint density at radius 2 is 1.91 bits per heavy atom. The van der Waals surface area contributed by atoms with E-state index in [2.05, 4.69) is 20.1 Å². The van der Waals surface area contributed by atoms with Crippen molar-refractivity contribution in [2.45, 2.75) is 70.4 Å². The van der Waals surface area contributed by atoms with E-state index in [1.807, 2.05) is 6.08 Å². The lowest BCUT2D eigenvalue weighted by Crippen LogP contribution is -2.36. The Balaban J connectivity index is 4.60. The summed E-state index contributed by atoms with van der Waals surface area (Å²) in [5.74, 6) is -0.128. The molecule has 1 amide bonds. The second-order valence-electron chi connectivity index (χ2n) is 6.18. The summed E-state index contributed by atoms with van der Waals surface area (Å²) in [5.41, 5.74) is 11.8. The number of nitrogens with two attached hydrogens (primary N) is 2. The van der Waals surface area contributed by atoms with Gasteiger partial charge in [0.05, 0.1) is 6.10 Å². The number of carbonyl (C=O) groups is 1. The molecule has 3 atom stereocenters. The van der Waals surface area contributed by atoms with Crippen molar-refractivity contribution in [3.63, 3.8) is 0 Å². The van der Waals surface area contributed by atoms with Crippen LogP contribution in [0.15, 0.2) is 37.0 Å². The van der Waals surface area contributed by atoms with Crippen LogP contribution in [0.1, 0.15) is 58.3 Å². The predicted molar refractivity (Wildman–Crippen MR) is 97.8 cm³/mol. The molecule has 0 fully saturated rings. The van der Waals surface area contributed by atoms with Crippen LogP contribution in [0.5, 0.6) is 0 Å². The number of hydrogen-bond donors (Lipinski definition) is 3. The van der Waals surface area contributed by atoms with E-state index in [1.165, 1.54) is 31.8 Å². The van der Waals surface area contributed by atoms with Crippen LogP contribution < -0.4 is 11.5 Å². The summed E-state index contributed by atoms with van der Waals surface area (Å²) >= 11 is 0. The Hall–Kier alpha value is -1.39. The van der Waals surface area contributed by atoms with Crippen LogP contribution in [-0.2, 0) is 4.79 Å². The van der Waals surface area contributed by atoms with Crippen LogP contribution in [-0.4, -0.2) is 23.2 Å². The van der Waals surface area contributed by atoms with Crippen molar-refractivity contribution in [1.82, 2.24) is 0 Å². The molecule has 0 aliphatic carbocycles. The van der Waals surface area contributed by atoms with Crippen molar-refractivity contribution in [3.05, 3.63) is 37.0 Å². The zero-order chi connectivity index (χ0) is 17.7. The number of amides is 1. The molecule has 0 saturated carbocycles. The zero-order valence-electron chi connectivity index (χ0n) is 14.5. The first-order valence-corrected chi connectivity index (χ1v) is 8.62. The van der Waals surface area contributed by atoms with Gasteiger partial charge in [-0.3, -0.25) is 4.79 Å². The second kappa shape index (κ2) is 13.1. The van der Waals surface area contributed by atoms with Crippen molar-refractivity contribution < 1.29 is 9.90 Å². The van der Waals surface area contributed by atoms with Gasteiger partial charge in [0.1, 0.15) is 0 Å². The predicted octanol–water partition coefficient (Wildman–Crippen LogP) is 3.22. The van der Waals surface area contributed by atoms with Gasteiger partial charge in [-0.25, -0.2) is 0 Å². The van der Waals surface area contributed by atoms with E-state index in [-0.39, 0.29) is 0 Å². The van der Waals surface area contributed by atoms with E-state index in [0.717, 1.165) is 12.8 Å². The quantitative estimate of drug-likeness (QED) is 0.260. The molecule has 0 spiro atoms. The van der Waals surface area contributed by atoms with Gasteiger partial charge in [0, 0.05) is 11.6 Å². The van der Waals surface area contributed by atoms with Gasteiger partial charge in [0.25, 0.3) is 0 Å². The van der Waals surface area contributed by atoms with E-state index in [9.17, 15) is 9.90 Å². The van der Waals surface area contributed by atoms with Crippen LogP contribution in [0.25, 0.3) is 0 Å². The van der Waals surface area contributed by atoms with Crippen LogP contribution in [0.3, 0.4) is 0 Å². The maximum atomic E-state index is 11.3. The number of aliphatic hydroxyl groups excluding tert-OH is 1. The third-order valence-corrected chi connectivity index (χ3v) is 4.06. The average Bonchev–Trinajstić information content (AvgIpc) is 2.50. The van der Waals surface area contributed by atoms with Gasteiger partial charge in [-0.1, -0.05) is 51.2 Å². The van der Waals surface area contributed by atoms with E-state index in [1.54, 1.807) is 6.08 Å². The first-order chi connectivity index (χ1) is 11.0. The highest BCUT2D eigenvalue weighted by Gasteiger charge is 2.19. The summed E-state index contributed by atoms with van der Waals surface area (Å²) in [6, 6.07) is -0.412. The number of aliphatic hydroxyl groups is 1. The molecule has 0 rings (SSSR count). The molecular formula is C19H34N2O2. The standard InChI is InChI=1S/C19H34N2O2/c1-4-7-8-9-12-15(10-5-2)13-17(20)18(22)14-16(11-6-3)19(21)23/h5-6,14-15,17-18,22H,2-4,7-13,20H2,1H3,(H2,21,23). The van der Waals surface area contributed by atoms with E-state index in [4.69, 9.17) is 11.5 Å². The largest absolute Gasteiger partial charge is 0.387 e. The van der Waals surface area contributed by atoms with Crippen molar-refractivity contribution in [2.24, 2.45) is 17.4 Å². The number of rotatable bonds is 14. The maximum Gasteiger partial charge on any atom is 0.244 e. The molecule has 0 heterocycles. The minimum absolute atomic E-state index is 0.340. The van der Waals surface area contributed by atoms with Gasteiger partial charge in [0.15, 0.2) is 0 Å². The third-order valence-electron chi connectivity index (χ3n) is 4.06. The van der Waals surface area contributed by atoms with Crippen LogP contribution in [0.2, 0.25) is 0 Å². The van der Waals surface area contributed by atoms with Crippen LogP contribution in [0.4, 0.5) is 0 Å². The number of hydrogen-bond acceptors (Lipinski definition) is 3. The molecule has 0 radical (unpaired) electrons. The minimum Gasteiger partial charge on any atom is -0.387 e. The fourth-order valence-corrected chi connectivity index (χ4v) is 2.69. The number of carbonyl (C=O) groups excluding carboxylic acids is 1. The Labute approximate surface area is 141 Å². The molecule has 0 bridgehead atoms. The molecule has 4 nitrogen and oxygen atoms in total. The molecule has 0 aromatic rings. The number of primary amides is 1. The van der Waals surface area contributed by atoms with Crippen molar-refractivity contribution in [1.29, 1.82) is 0 Å². The fraction of sp³-hybridized carbons (Fsp3) is 0.632. The Morgan fingerprint density at radius 3 is 2.43 bits per heavy atom. The topological polar surface area (TPSA) is 89.3 Å². The first-order valence-electron chi connectivity index (χ1n) is 8.62. The Bertz CT molecular complexity index is 391. The molecule has 0 saturated heterocycles. The maximum absolute atomic E-state index is 11.3. The SMILES string of the molecule is C=CCC(=CC(O)C(N)CC(CC=C)CCCCCC)C(N)=O. The summed E-state index contributed by atoms with van der Waals surface area (Å²) in [5, 5.41) is 10.2. The van der Waals surface area contributed by atoms with Gasteiger partial charge < -0.3 is 16.6 Å². The molecule has 0 aliphatic heterocycles. The minimum atomic E-state index is -0.875. The van der Waals surface area contributed by atoms with Crippen molar-refractivity contribution >= 4 is 5.91 Å². The van der Waals surface area contributed by atoms with Gasteiger partial charge in [-0.05, 0) is 31.3 Å². The number of allylic oxidation sites excluding steroid dienone is 2.